The number of benzene rings is 2. The predicted octanol–water partition coefficient (Wildman–Crippen LogP) is 3.80. The van der Waals surface area contributed by atoms with E-state index in [4.69, 9.17) is 9.47 Å². The highest BCUT2D eigenvalue weighted by molar-refractivity contribution is 5.88. The number of phenols is 2. The number of aryl methyl sites for hydroxylation is 2. The highest BCUT2D eigenvalue weighted by Crippen LogP contribution is 2.45. The molecule has 0 amide bonds. The van der Waals surface area contributed by atoms with Crippen LogP contribution in [0.1, 0.15) is 18.2 Å². The predicted molar refractivity (Wildman–Crippen MR) is 97.9 cm³/mol. The van der Waals surface area contributed by atoms with Crippen molar-refractivity contribution < 1.29 is 19.7 Å². The zero-order valence-corrected chi connectivity index (χ0v) is 14.7. The van der Waals surface area contributed by atoms with Crippen LogP contribution in [0.2, 0.25) is 0 Å². The number of aromatic hydroxyl groups is 2. The van der Waals surface area contributed by atoms with Gasteiger partial charge in [0.2, 0.25) is 0 Å². The normalized spacial score (nSPS) is 13.0. The first-order chi connectivity index (χ1) is 12.6. The number of aromatic nitrogens is 2. The third-order valence-corrected chi connectivity index (χ3v) is 4.64. The van der Waals surface area contributed by atoms with E-state index in [1.807, 2.05) is 32.0 Å². The number of hydrogen-bond donors (Lipinski definition) is 3. The van der Waals surface area contributed by atoms with Crippen molar-refractivity contribution in [3.05, 3.63) is 41.6 Å². The lowest BCUT2D eigenvalue weighted by Gasteiger charge is -2.19. The maximum atomic E-state index is 10.6. The second-order valence-electron chi connectivity index (χ2n) is 6.25. The molecule has 0 atom stereocenters. The van der Waals surface area contributed by atoms with Gasteiger partial charge < -0.3 is 19.7 Å². The summed E-state index contributed by atoms with van der Waals surface area (Å²) >= 11 is 0. The topological polar surface area (TPSA) is 87.6 Å². The van der Waals surface area contributed by atoms with E-state index in [0.29, 0.717) is 42.4 Å². The number of phenolic OH excluding ortho intramolecular Hbond substituents is 2. The lowest BCUT2D eigenvalue weighted by Crippen LogP contribution is -2.15. The van der Waals surface area contributed by atoms with E-state index in [-0.39, 0.29) is 11.5 Å². The van der Waals surface area contributed by atoms with Gasteiger partial charge in [0.05, 0.1) is 5.56 Å². The minimum absolute atomic E-state index is 0.00927. The number of hydrogen-bond acceptors (Lipinski definition) is 5. The van der Waals surface area contributed by atoms with Crippen LogP contribution >= 0.6 is 0 Å². The molecule has 4 rings (SSSR count). The van der Waals surface area contributed by atoms with E-state index in [1.54, 1.807) is 12.1 Å². The Bertz CT molecular complexity index is 978. The molecule has 1 aliphatic rings. The molecule has 2 heterocycles. The fourth-order valence-electron chi connectivity index (χ4n) is 3.30. The first kappa shape index (κ1) is 16.3. The number of rotatable bonds is 3. The highest BCUT2D eigenvalue weighted by atomic mass is 16.6. The Morgan fingerprint density at radius 2 is 1.81 bits per heavy atom. The smallest absolute Gasteiger partial charge is 0.161 e. The molecule has 0 spiro atoms. The average molecular weight is 352 g/mol. The molecule has 1 aromatic heterocycles. The van der Waals surface area contributed by atoms with Crippen LogP contribution in [0.25, 0.3) is 22.4 Å². The number of nitrogens with zero attached hydrogens (tertiary/aromatic N) is 1. The summed E-state index contributed by atoms with van der Waals surface area (Å²) in [6.07, 6.45) is 0.655. The van der Waals surface area contributed by atoms with Gasteiger partial charge in [-0.15, -0.1) is 0 Å². The molecule has 1 aliphatic heterocycles. The van der Waals surface area contributed by atoms with E-state index in [9.17, 15) is 10.2 Å². The highest BCUT2D eigenvalue weighted by Gasteiger charge is 2.23. The van der Waals surface area contributed by atoms with Crippen molar-refractivity contribution in [2.45, 2.75) is 20.3 Å². The minimum atomic E-state index is -0.00927. The lowest BCUT2D eigenvalue weighted by molar-refractivity contribution is 0.171. The second-order valence-corrected chi connectivity index (χ2v) is 6.25. The summed E-state index contributed by atoms with van der Waals surface area (Å²) in [4.78, 5) is 0. The van der Waals surface area contributed by atoms with Gasteiger partial charge in [-0.2, -0.15) is 5.10 Å². The molecular formula is C20H20N2O4. The van der Waals surface area contributed by atoms with Crippen LogP contribution < -0.4 is 9.47 Å². The number of ether oxygens (including phenoxy) is 2. The average Bonchev–Trinajstić information content (AvgIpc) is 3.03. The number of nitrogens with one attached hydrogen (secondary N) is 1. The number of fused-ring (bicyclic) bond motifs is 1. The van der Waals surface area contributed by atoms with Gasteiger partial charge in [0, 0.05) is 11.3 Å². The van der Waals surface area contributed by atoms with Gasteiger partial charge in [0.1, 0.15) is 30.4 Å². The van der Waals surface area contributed by atoms with Crippen molar-refractivity contribution in [1.82, 2.24) is 10.2 Å². The monoisotopic (exact) mass is 352 g/mol. The summed E-state index contributed by atoms with van der Waals surface area (Å²) in [5.41, 5.74) is 4.10. The molecule has 2 aromatic carbocycles. The minimum Gasteiger partial charge on any atom is -0.507 e. The Labute approximate surface area is 151 Å². The van der Waals surface area contributed by atoms with Gasteiger partial charge in [-0.05, 0) is 42.7 Å². The molecule has 0 saturated heterocycles. The Hall–Kier alpha value is -3.15. The summed E-state index contributed by atoms with van der Waals surface area (Å²) < 4.78 is 11.3. The zero-order chi connectivity index (χ0) is 18.3. The van der Waals surface area contributed by atoms with E-state index >= 15 is 0 Å². The molecule has 0 radical (unpaired) electrons. The summed E-state index contributed by atoms with van der Waals surface area (Å²) in [6, 6.07) is 8.99. The van der Waals surface area contributed by atoms with Crippen molar-refractivity contribution in [1.29, 1.82) is 0 Å². The van der Waals surface area contributed by atoms with Gasteiger partial charge in [-0.25, -0.2) is 0 Å². The van der Waals surface area contributed by atoms with E-state index < -0.39 is 0 Å². The summed E-state index contributed by atoms with van der Waals surface area (Å²) in [6.45, 7) is 4.90. The molecule has 134 valence electrons. The molecule has 3 aromatic rings. The third kappa shape index (κ3) is 2.54. The van der Waals surface area contributed by atoms with E-state index in [2.05, 4.69) is 10.2 Å². The first-order valence-corrected chi connectivity index (χ1v) is 8.59. The van der Waals surface area contributed by atoms with Crippen LogP contribution in [-0.2, 0) is 6.42 Å². The Kier molecular flexibility index (Phi) is 3.95. The van der Waals surface area contributed by atoms with Crippen LogP contribution in [0.5, 0.6) is 23.0 Å². The van der Waals surface area contributed by atoms with Crippen LogP contribution in [0.3, 0.4) is 0 Å². The molecule has 0 bridgehead atoms. The summed E-state index contributed by atoms with van der Waals surface area (Å²) in [7, 11) is 0. The summed E-state index contributed by atoms with van der Waals surface area (Å²) in [5.74, 6) is 1.43. The van der Waals surface area contributed by atoms with Crippen LogP contribution in [-0.4, -0.2) is 33.6 Å². The summed E-state index contributed by atoms with van der Waals surface area (Å²) in [5, 5.41) is 28.3. The van der Waals surface area contributed by atoms with Gasteiger partial charge in [-0.3, -0.25) is 5.10 Å². The van der Waals surface area contributed by atoms with Gasteiger partial charge in [0.15, 0.2) is 11.5 Å². The van der Waals surface area contributed by atoms with Gasteiger partial charge in [-0.1, -0.05) is 19.1 Å². The second kappa shape index (κ2) is 6.29. The fourth-order valence-corrected chi connectivity index (χ4v) is 3.30. The van der Waals surface area contributed by atoms with Crippen LogP contribution in [0.15, 0.2) is 30.3 Å². The first-order valence-electron chi connectivity index (χ1n) is 8.59. The fraction of sp³-hybridized carbons (Fsp3) is 0.250. The molecule has 26 heavy (non-hydrogen) atoms. The quantitative estimate of drug-likeness (QED) is 0.667. The lowest BCUT2D eigenvalue weighted by atomic mass is 9.95. The molecule has 0 aliphatic carbocycles. The van der Waals surface area contributed by atoms with E-state index in [0.717, 1.165) is 22.4 Å². The molecule has 6 nitrogen and oxygen atoms in total. The number of H-pyrrole nitrogens is 1. The Morgan fingerprint density at radius 3 is 2.58 bits per heavy atom. The molecular weight excluding hydrogens is 332 g/mol. The standard InChI is InChI=1S/C20H20N2O4/c1-3-12-4-6-14(23)18(20(12)24)19-17(11(2)21-22-19)13-5-7-15-16(10-13)26-9-8-25-15/h4-7,10,23-24H,3,8-9H2,1-2H3,(H,21,22). The maximum Gasteiger partial charge on any atom is 0.161 e. The molecule has 3 N–H and O–H groups in total. The third-order valence-electron chi connectivity index (χ3n) is 4.64. The maximum absolute atomic E-state index is 10.6. The molecule has 0 unspecified atom stereocenters. The molecule has 0 saturated carbocycles. The van der Waals surface area contributed by atoms with E-state index in [1.165, 1.54) is 0 Å². The zero-order valence-electron chi connectivity index (χ0n) is 14.7. The molecule has 0 fully saturated rings. The largest absolute Gasteiger partial charge is 0.507 e. The van der Waals surface area contributed by atoms with Crippen molar-refractivity contribution in [2.24, 2.45) is 0 Å². The van der Waals surface area contributed by atoms with Crippen molar-refractivity contribution in [3.63, 3.8) is 0 Å². The number of aromatic amines is 1. The van der Waals surface area contributed by atoms with Crippen LogP contribution in [0.4, 0.5) is 0 Å². The molecule has 6 heteroatoms. The van der Waals surface area contributed by atoms with Crippen molar-refractivity contribution >= 4 is 0 Å². The van der Waals surface area contributed by atoms with Crippen LogP contribution in [0, 0.1) is 6.92 Å². The Morgan fingerprint density at radius 1 is 1.04 bits per heavy atom. The Balaban J connectivity index is 1.90. The SMILES string of the molecule is CCc1ccc(O)c(-c2n[nH]c(C)c2-c2ccc3c(c2)OCCO3)c1O. The van der Waals surface area contributed by atoms with Gasteiger partial charge >= 0.3 is 0 Å². The van der Waals surface area contributed by atoms with Crippen molar-refractivity contribution in [3.8, 4) is 45.4 Å². The van der Waals surface area contributed by atoms with Crippen molar-refractivity contribution in [2.75, 3.05) is 13.2 Å². The van der Waals surface area contributed by atoms with Gasteiger partial charge in [0.25, 0.3) is 0 Å².